The molecule has 3 aromatic rings. The van der Waals surface area contributed by atoms with E-state index in [9.17, 15) is 8.78 Å². The van der Waals surface area contributed by atoms with Crippen molar-refractivity contribution in [3.63, 3.8) is 0 Å². The van der Waals surface area contributed by atoms with E-state index in [4.69, 9.17) is 4.74 Å². The molecule has 0 saturated heterocycles. The van der Waals surface area contributed by atoms with Gasteiger partial charge in [0.05, 0.1) is 12.8 Å². The molecule has 0 amide bonds. The zero-order valence-electron chi connectivity index (χ0n) is 15.8. The molecule has 0 spiro atoms. The van der Waals surface area contributed by atoms with Gasteiger partial charge in [-0.05, 0) is 48.6 Å². The molecular weight excluding hydrogens is 394 g/mol. The predicted octanol–water partition coefficient (Wildman–Crippen LogP) is 5.22. The molecule has 0 radical (unpaired) electrons. The van der Waals surface area contributed by atoms with Crippen molar-refractivity contribution in [1.82, 2.24) is 9.97 Å². The van der Waals surface area contributed by atoms with E-state index in [1.165, 1.54) is 18.2 Å². The molecule has 1 aliphatic rings. The highest BCUT2D eigenvalue weighted by Gasteiger charge is 2.15. The Balaban J connectivity index is 1.79. The summed E-state index contributed by atoms with van der Waals surface area (Å²) in [5.41, 5.74) is 1.88. The summed E-state index contributed by atoms with van der Waals surface area (Å²) < 4.78 is 34.1. The van der Waals surface area contributed by atoms with Crippen LogP contribution >= 0.6 is 11.8 Å². The zero-order valence-corrected chi connectivity index (χ0v) is 16.7. The number of anilines is 3. The van der Waals surface area contributed by atoms with Crippen molar-refractivity contribution in [1.29, 1.82) is 0 Å². The van der Waals surface area contributed by atoms with Crippen LogP contribution < -0.4 is 15.4 Å². The van der Waals surface area contributed by atoms with Crippen molar-refractivity contribution in [2.75, 3.05) is 30.0 Å². The number of aromatic nitrogens is 2. The standard InChI is InChI=1S/C21H20F2N4OS/c1-29-12-13-7-19-24-5-2-6-28-18-9-14(22)3-4-15(18)16-10-20(25-11-17(16)23)27-21(8-13)26-19/h3-4,7-11H,2,5-6,12H2,1H3,(H2,24,25,26,27). The van der Waals surface area contributed by atoms with Gasteiger partial charge < -0.3 is 15.4 Å². The van der Waals surface area contributed by atoms with Gasteiger partial charge in [-0.3, -0.25) is 0 Å². The van der Waals surface area contributed by atoms with Crippen LogP contribution in [0.1, 0.15) is 12.0 Å². The third-order valence-corrected chi connectivity index (χ3v) is 5.05. The zero-order chi connectivity index (χ0) is 20.2. The Bertz CT molecular complexity index is 1030. The van der Waals surface area contributed by atoms with Crippen LogP contribution in [-0.4, -0.2) is 29.4 Å². The van der Waals surface area contributed by atoms with Crippen LogP contribution in [0.4, 0.5) is 26.2 Å². The van der Waals surface area contributed by atoms with Crippen molar-refractivity contribution in [3.05, 3.63) is 59.8 Å². The summed E-state index contributed by atoms with van der Waals surface area (Å²) in [4.78, 5) is 8.71. The van der Waals surface area contributed by atoms with Crippen LogP contribution in [0.3, 0.4) is 0 Å². The van der Waals surface area contributed by atoms with Gasteiger partial charge in [-0.1, -0.05) is 0 Å². The maximum Gasteiger partial charge on any atom is 0.149 e. The molecule has 0 aliphatic carbocycles. The highest BCUT2D eigenvalue weighted by molar-refractivity contribution is 7.97. The molecule has 29 heavy (non-hydrogen) atoms. The summed E-state index contributed by atoms with van der Waals surface area (Å²) in [5, 5.41) is 6.45. The molecule has 2 N–H and O–H groups in total. The molecule has 150 valence electrons. The number of pyridine rings is 2. The normalized spacial score (nSPS) is 13.3. The second-order valence-corrected chi connectivity index (χ2v) is 7.49. The molecule has 5 nitrogen and oxygen atoms in total. The number of halogens is 2. The minimum atomic E-state index is -0.509. The lowest BCUT2D eigenvalue weighted by atomic mass is 10.0. The number of hydrogen-bond acceptors (Lipinski definition) is 6. The molecular formula is C21H20F2N4OS. The van der Waals surface area contributed by atoms with Gasteiger partial charge in [-0.2, -0.15) is 11.8 Å². The van der Waals surface area contributed by atoms with E-state index < -0.39 is 11.6 Å². The van der Waals surface area contributed by atoms with Crippen molar-refractivity contribution in [2.24, 2.45) is 0 Å². The summed E-state index contributed by atoms with van der Waals surface area (Å²) >= 11 is 1.72. The predicted molar refractivity (Wildman–Crippen MR) is 113 cm³/mol. The van der Waals surface area contributed by atoms with E-state index in [-0.39, 0.29) is 5.56 Å². The maximum atomic E-state index is 14.6. The fraction of sp³-hybridized carbons (Fsp3) is 0.238. The van der Waals surface area contributed by atoms with E-state index in [1.54, 1.807) is 17.8 Å². The number of rotatable bonds is 2. The van der Waals surface area contributed by atoms with Crippen LogP contribution in [0.2, 0.25) is 0 Å². The van der Waals surface area contributed by atoms with Gasteiger partial charge in [-0.15, -0.1) is 0 Å². The molecule has 2 aromatic heterocycles. The smallest absolute Gasteiger partial charge is 0.149 e. The first-order chi connectivity index (χ1) is 14.1. The van der Waals surface area contributed by atoms with Gasteiger partial charge in [0, 0.05) is 29.5 Å². The molecule has 0 unspecified atom stereocenters. The molecule has 4 rings (SSSR count). The van der Waals surface area contributed by atoms with Gasteiger partial charge in [0.25, 0.3) is 0 Å². The third kappa shape index (κ3) is 4.59. The highest BCUT2D eigenvalue weighted by atomic mass is 32.2. The third-order valence-electron chi connectivity index (χ3n) is 4.43. The SMILES string of the molecule is CSCc1cc2nc(c1)Nc1cc(c(F)cn1)-c1ccc(F)cc1OCCCN2. The molecule has 0 atom stereocenters. The van der Waals surface area contributed by atoms with E-state index in [2.05, 4.69) is 20.6 Å². The minimum Gasteiger partial charge on any atom is -0.493 e. The van der Waals surface area contributed by atoms with Gasteiger partial charge in [0.15, 0.2) is 0 Å². The van der Waals surface area contributed by atoms with E-state index in [0.717, 1.165) is 23.3 Å². The average molecular weight is 414 g/mol. The Morgan fingerprint density at radius 3 is 2.79 bits per heavy atom. The van der Waals surface area contributed by atoms with E-state index in [1.807, 2.05) is 18.4 Å². The van der Waals surface area contributed by atoms with Crippen molar-refractivity contribution in [3.8, 4) is 16.9 Å². The van der Waals surface area contributed by atoms with Crippen LogP contribution in [0.15, 0.2) is 42.6 Å². The Morgan fingerprint density at radius 1 is 1.07 bits per heavy atom. The molecule has 0 saturated carbocycles. The van der Waals surface area contributed by atoms with Gasteiger partial charge >= 0.3 is 0 Å². The van der Waals surface area contributed by atoms with Gasteiger partial charge in [0.2, 0.25) is 0 Å². The van der Waals surface area contributed by atoms with E-state index >= 15 is 0 Å². The van der Waals surface area contributed by atoms with Gasteiger partial charge in [-0.25, -0.2) is 18.7 Å². The average Bonchev–Trinajstić information content (AvgIpc) is 2.69. The fourth-order valence-corrected chi connectivity index (χ4v) is 3.65. The molecule has 8 heteroatoms. The number of ether oxygens (including phenoxy) is 1. The molecule has 0 fully saturated rings. The van der Waals surface area contributed by atoms with Crippen molar-refractivity contribution < 1.29 is 13.5 Å². The second kappa shape index (κ2) is 8.65. The van der Waals surface area contributed by atoms with E-state index in [0.29, 0.717) is 42.5 Å². The molecule has 1 aliphatic heterocycles. The highest BCUT2D eigenvalue weighted by Crippen LogP contribution is 2.34. The Morgan fingerprint density at radius 2 is 1.93 bits per heavy atom. The minimum absolute atomic E-state index is 0.285. The summed E-state index contributed by atoms with van der Waals surface area (Å²) in [7, 11) is 0. The number of thioether (sulfide) groups is 1. The van der Waals surface area contributed by atoms with Crippen LogP contribution in [0.25, 0.3) is 11.1 Å². The fourth-order valence-electron chi connectivity index (χ4n) is 3.15. The number of nitrogens with one attached hydrogen (secondary N) is 2. The summed E-state index contributed by atoms with van der Waals surface area (Å²) in [6, 6.07) is 9.62. The van der Waals surface area contributed by atoms with Crippen molar-refractivity contribution >= 4 is 29.2 Å². The van der Waals surface area contributed by atoms with Crippen LogP contribution in [0, 0.1) is 11.6 Å². The first kappa shape index (κ1) is 19.4. The number of hydrogen-bond donors (Lipinski definition) is 2. The number of nitrogens with zero attached hydrogens (tertiary/aromatic N) is 2. The molecule has 3 heterocycles. The first-order valence-corrected chi connectivity index (χ1v) is 10.6. The largest absolute Gasteiger partial charge is 0.493 e. The van der Waals surface area contributed by atoms with Crippen LogP contribution in [0.5, 0.6) is 5.75 Å². The topological polar surface area (TPSA) is 59.1 Å². The monoisotopic (exact) mass is 414 g/mol. The maximum absolute atomic E-state index is 14.6. The van der Waals surface area contributed by atoms with Gasteiger partial charge in [0.1, 0.15) is 34.8 Å². The Labute approximate surface area is 171 Å². The summed E-state index contributed by atoms with van der Waals surface area (Å²) in [6.07, 6.45) is 3.86. The molecule has 1 aromatic carbocycles. The molecule has 4 bridgehead atoms. The lowest BCUT2D eigenvalue weighted by molar-refractivity contribution is 0.314. The van der Waals surface area contributed by atoms with Crippen molar-refractivity contribution in [2.45, 2.75) is 12.2 Å². The second-order valence-electron chi connectivity index (χ2n) is 6.62. The summed E-state index contributed by atoms with van der Waals surface area (Å²) in [5.74, 6) is 2.00. The lowest BCUT2D eigenvalue weighted by Crippen LogP contribution is -2.10. The quantitative estimate of drug-likeness (QED) is 0.599. The number of fused-ring (bicyclic) bond motifs is 6. The first-order valence-electron chi connectivity index (χ1n) is 9.21. The lowest BCUT2D eigenvalue weighted by Gasteiger charge is -2.16. The Kier molecular flexibility index (Phi) is 5.80. The number of benzene rings is 1. The Hall–Kier alpha value is -2.87. The summed E-state index contributed by atoms with van der Waals surface area (Å²) in [6.45, 7) is 0.996. The van der Waals surface area contributed by atoms with Crippen LogP contribution in [-0.2, 0) is 5.75 Å².